The number of ketones is 1. The number of hydrogen-bond donors (Lipinski definition) is 0. The molecule has 4 heteroatoms. The first-order chi connectivity index (χ1) is 8.74. The summed E-state index contributed by atoms with van der Waals surface area (Å²) >= 11 is 0. The highest BCUT2D eigenvalue weighted by molar-refractivity contribution is 6.10. The molecule has 0 saturated carbocycles. The molecular weight excluding hydrogens is 233 g/mol. The average molecular weight is 245 g/mol. The van der Waals surface area contributed by atoms with Crippen molar-refractivity contribution in [3.8, 4) is 5.75 Å². The van der Waals surface area contributed by atoms with E-state index in [1.54, 1.807) is 24.3 Å². The lowest BCUT2D eigenvalue weighted by Crippen LogP contribution is -2.07. The highest BCUT2D eigenvalue weighted by atomic mass is 19.1. The van der Waals surface area contributed by atoms with E-state index in [1.807, 2.05) is 6.92 Å². The minimum atomic E-state index is -0.631. The summed E-state index contributed by atoms with van der Waals surface area (Å²) in [4.78, 5) is 15.8. The van der Waals surface area contributed by atoms with Gasteiger partial charge < -0.3 is 4.74 Å². The molecule has 0 amide bonds. The zero-order valence-electron chi connectivity index (χ0n) is 9.89. The molecule has 0 radical (unpaired) electrons. The van der Waals surface area contributed by atoms with Crippen molar-refractivity contribution in [2.24, 2.45) is 0 Å². The number of nitrogens with zero attached hydrogens (tertiary/aromatic N) is 1. The number of hydrogen-bond acceptors (Lipinski definition) is 3. The second kappa shape index (κ2) is 5.40. The minimum Gasteiger partial charge on any atom is -0.493 e. The number of halogens is 1. The quantitative estimate of drug-likeness (QED) is 0.777. The fourth-order valence-corrected chi connectivity index (χ4v) is 1.64. The van der Waals surface area contributed by atoms with Gasteiger partial charge in [-0.05, 0) is 25.1 Å². The number of para-hydroxylation sites is 1. The van der Waals surface area contributed by atoms with Crippen LogP contribution < -0.4 is 4.74 Å². The van der Waals surface area contributed by atoms with E-state index >= 15 is 0 Å². The van der Waals surface area contributed by atoms with Crippen molar-refractivity contribution >= 4 is 5.78 Å². The van der Waals surface area contributed by atoms with Gasteiger partial charge in [-0.2, -0.15) is 0 Å². The Morgan fingerprint density at radius 3 is 2.78 bits per heavy atom. The third-order valence-corrected chi connectivity index (χ3v) is 2.45. The van der Waals surface area contributed by atoms with Crippen molar-refractivity contribution in [1.29, 1.82) is 0 Å². The Morgan fingerprint density at radius 2 is 2.06 bits per heavy atom. The van der Waals surface area contributed by atoms with E-state index in [1.165, 1.54) is 12.3 Å². The molecule has 18 heavy (non-hydrogen) atoms. The van der Waals surface area contributed by atoms with E-state index in [-0.39, 0.29) is 5.56 Å². The van der Waals surface area contributed by atoms with Crippen LogP contribution in [0.25, 0.3) is 0 Å². The number of pyridine rings is 1. The highest BCUT2D eigenvalue weighted by Gasteiger charge is 2.17. The minimum absolute atomic E-state index is 0.00264. The predicted octanol–water partition coefficient (Wildman–Crippen LogP) is 2.85. The molecular formula is C14H12FNO2. The first-order valence-corrected chi connectivity index (χ1v) is 5.60. The topological polar surface area (TPSA) is 39.2 Å². The first-order valence-electron chi connectivity index (χ1n) is 5.60. The second-order valence-electron chi connectivity index (χ2n) is 3.61. The van der Waals surface area contributed by atoms with E-state index in [0.29, 0.717) is 17.9 Å². The lowest BCUT2D eigenvalue weighted by Gasteiger charge is -2.09. The molecule has 0 fully saturated rings. The summed E-state index contributed by atoms with van der Waals surface area (Å²) in [6.45, 7) is 2.28. The molecule has 2 aromatic rings. The third-order valence-electron chi connectivity index (χ3n) is 2.45. The summed E-state index contributed by atoms with van der Waals surface area (Å²) in [6, 6.07) is 8.16. The lowest BCUT2D eigenvalue weighted by molar-refractivity contribution is 0.103. The first kappa shape index (κ1) is 12.2. The van der Waals surface area contributed by atoms with Gasteiger partial charge in [-0.3, -0.25) is 9.78 Å². The number of benzene rings is 1. The second-order valence-corrected chi connectivity index (χ2v) is 3.61. The largest absolute Gasteiger partial charge is 0.493 e. The van der Waals surface area contributed by atoms with Crippen LogP contribution in [0.3, 0.4) is 0 Å². The fraction of sp³-hybridized carbons (Fsp3) is 0.143. The fourth-order valence-electron chi connectivity index (χ4n) is 1.64. The van der Waals surface area contributed by atoms with Gasteiger partial charge in [0.15, 0.2) is 11.6 Å². The normalized spacial score (nSPS) is 10.1. The zero-order valence-corrected chi connectivity index (χ0v) is 9.89. The molecule has 2 rings (SSSR count). The highest BCUT2D eigenvalue weighted by Crippen LogP contribution is 2.22. The summed E-state index contributed by atoms with van der Waals surface area (Å²) in [5, 5.41) is 0. The van der Waals surface area contributed by atoms with Crippen molar-refractivity contribution in [2.45, 2.75) is 6.92 Å². The summed E-state index contributed by atoms with van der Waals surface area (Å²) in [7, 11) is 0. The third kappa shape index (κ3) is 2.37. The molecule has 1 aromatic heterocycles. The number of ether oxygens (including phenoxy) is 1. The Bertz CT molecular complexity index is 569. The molecule has 3 nitrogen and oxygen atoms in total. The standard InChI is InChI=1S/C14H12FNO2/c1-2-18-13-6-4-3-5-11(13)14(17)10-7-8-16-9-12(10)15/h3-9H,2H2,1H3. The molecule has 0 aliphatic heterocycles. The van der Waals surface area contributed by atoms with Crippen LogP contribution in [0.1, 0.15) is 22.8 Å². The van der Waals surface area contributed by atoms with Gasteiger partial charge in [-0.15, -0.1) is 0 Å². The molecule has 0 atom stereocenters. The Kier molecular flexibility index (Phi) is 3.67. The van der Waals surface area contributed by atoms with E-state index in [9.17, 15) is 9.18 Å². The molecule has 1 aromatic carbocycles. The van der Waals surface area contributed by atoms with E-state index in [4.69, 9.17) is 4.74 Å². The Morgan fingerprint density at radius 1 is 1.28 bits per heavy atom. The molecule has 0 aliphatic carbocycles. The average Bonchev–Trinajstić information content (AvgIpc) is 2.40. The molecule has 92 valence electrons. The smallest absolute Gasteiger partial charge is 0.199 e. The molecule has 0 saturated heterocycles. The molecule has 0 bridgehead atoms. The number of aromatic nitrogens is 1. The van der Waals surface area contributed by atoms with Gasteiger partial charge in [0.25, 0.3) is 0 Å². The van der Waals surface area contributed by atoms with Crippen LogP contribution in [-0.4, -0.2) is 17.4 Å². The van der Waals surface area contributed by atoms with Gasteiger partial charge in [-0.25, -0.2) is 4.39 Å². The van der Waals surface area contributed by atoms with Crippen molar-refractivity contribution in [3.63, 3.8) is 0 Å². The zero-order chi connectivity index (χ0) is 13.0. The SMILES string of the molecule is CCOc1ccccc1C(=O)c1ccncc1F. The van der Waals surface area contributed by atoms with Crippen molar-refractivity contribution in [3.05, 3.63) is 59.7 Å². The predicted molar refractivity (Wildman–Crippen MR) is 65.2 cm³/mol. The van der Waals surface area contributed by atoms with Crippen LogP contribution in [0.4, 0.5) is 4.39 Å². The Labute approximate surface area is 104 Å². The van der Waals surface area contributed by atoms with Gasteiger partial charge >= 0.3 is 0 Å². The van der Waals surface area contributed by atoms with Crippen LogP contribution in [0.15, 0.2) is 42.7 Å². The van der Waals surface area contributed by atoms with Crippen molar-refractivity contribution in [1.82, 2.24) is 4.98 Å². The maximum Gasteiger partial charge on any atom is 0.199 e. The lowest BCUT2D eigenvalue weighted by atomic mass is 10.0. The monoisotopic (exact) mass is 245 g/mol. The molecule has 0 spiro atoms. The van der Waals surface area contributed by atoms with Gasteiger partial charge in [0.2, 0.25) is 0 Å². The van der Waals surface area contributed by atoms with Gasteiger partial charge in [0, 0.05) is 6.20 Å². The van der Waals surface area contributed by atoms with Crippen LogP contribution in [0.5, 0.6) is 5.75 Å². The van der Waals surface area contributed by atoms with Crippen LogP contribution >= 0.6 is 0 Å². The number of rotatable bonds is 4. The molecule has 0 aliphatic rings. The molecule has 1 heterocycles. The van der Waals surface area contributed by atoms with Gasteiger partial charge in [0.1, 0.15) is 5.75 Å². The van der Waals surface area contributed by atoms with Crippen molar-refractivity contribution in [2.75, 3.05) is 6.61 Å². The summed E-state index contributed by atoms with van der Waals surface area (Å²) in [5.41, 5.74) is 0.349. The summed E-state index contributed by atoms with van der Waals surface area (Å²) in [6.07, 6.45) is 2.41. The van der Waals surface area contributed by atoms with Crippen molar-refractivity contribution < 1.29 is 13.9 Å². The van der Waals surface area contributed by atoms with Gasteiger partial charge in [-0.1, -0.05) is 12.1 Å². The van der Waals surface area contributed by atoms with E-state index in [2.05, 4.69) is 4.98 Å². The summed E-state index contributed by atoms with van der Waals surface area (Å²) < 4.78 is 18.9. The molecule has 0 N–H and O–H groups in total. The van der Waals surface area contributed by atoms with E-state index in [0.717, 1.165) is 6.20 Å². The Hall–Kier alpha value is -2.23. The molecule has 0 unspecified atom stereocenters. The van der Waals surface area contributed by atoms with Gasteiger partial charge in [0.05, 0.1) is 23.9 Å². The van der Waals surface area contributed by atoms with Crippen LogP contribution in [-0.2, 0) is 0 Å². The van der Waals surface area contributed by atoms with Crippen LogP contribution in [0.2, 0.25) is 0 Å². The Balaban J connectivity index is 2.43. The maximum absolute atomic E-state index is 13.5. The number of carbonyl (C=O) groups excluding carboxylic acids is 1. The van der Waals surface area contributed by atoms with Crippen LogP contribution in [0, 0.1) is 5.82 Å². The summed E-state index contributed by atoms with van der Waals surface area (Å²) in [5.74, 6) is -0.575. The van der Waals surface area contributed by atoms with E-state index < -0.39 is 11.6 Å². The number of carbonyl (C=O) groups is 1. The maximum atomic E-state index is 13.5.